The smallest absolute Gasteiger partial charge is 0.161 e. The van der Waals surface area contributed by atoms with Crippen LogP contribution in [-0.4, -0.2) is 44.9 Å². The molecule has 0 bridgehead atoms. The molecular weight excluding hydrogens is 465 g/mol. The van der Waals surface area contributed by atoms with Gasteiger partial charge in [-0.25, -0.2) is 4.39 Å². The molecule has 2 aliphatic heterocycles. The number of hydrogen-bond acceptors (Lipinski definition) is 4. The summed E-state index contributed by atoms with van der Waals surface area (Å²) in [6.07, 6.45) is 5.96. The molecule has 0 fully saturated rings. The summed E-state index contributed by atoms with van der Waals surface area (Å²) >= 11 is 0. The molecule has 0 saturated heterocycles. The third-order valence-electron chi connectivity index (χ3n) is 7.71. The summed E-state index contributed by atoms with van der Waals surface area (Å²) in [5.74, 6) is 1.16. The van der Waals surface area contributed by atoms with Gasteiger partial charge in [0.1, 0.15) is 11.4 Å². The highest BCUT2D eigenvalue weighted by molar-refractivity contribution is 5.66. The Hall–Kier alpha value is -3.15. The molecule has 2 aliphatic rings. The molecule has 194 valence electrons. The van der Waals surface area contributed by atoms with Crippen LogP contribution in [-0.2, 0) is 16.8 Å². The third-order valence-corrected chi connectivity index (χ3v) is 7.71. The Balaban J connectivity index is 1.41. The molecular formula is C32H36FNO3. The second-order valence-corrected chi connectivity index (χ2v) is 10.1. The van der Waals surface area contributed by atoms with Crippen molar-refractivity contribution >= 4 is 5.57 Å². The largest absolute Gasteiger partial charge is 0.493 e. The maximum atomic E-state index is 13.9. The van der Waals surface area contributed by atoms with E-state index in [9.17, 15) is 4.39 Å². The zero-order valence-corrected chi connectivity index (χ0v) is 22.0. The van der Waals surface area contributed by atoms with Gasteiger partial charge >= 0.3 is 0 Å². The van der Waals surface area contributed by atoms with Gasteiger partial charge in [0, 0.05) is 13.1 Å². The molecule has 3 aromatic carbocycles. The fraction of sp³-hybridized carbons (Fsp3) is 0.375. The van der Waals surface area contributed by atoms with E-state index >= 15 is 0 Å². The molecule has 0 radical (unpaired) electrons. The second-order valence-electron chi connectivity index (χ2n) is 10.1. The number of rotatable bonds is 8. The van der Waals surface area contributed by atoms with Crippen LogP contribution in [0.15, 0.2) is 72.8 Å². The molecule has 5 rings (SSSR count). The van der Waals surface area contributed by atoms with Crippen molar-refractivity contribution in [3.63, 3.8) is 0 Å². The summed E-state index contributed by atoms with van der Waals surface area (Å²) < 4.78 is 32.0. The molecule has 0 saturated carbocycles. The Labute approximate surface area is 219 Å². The van der Waals surface area contributed by atoms with E-state index < -0.39 is 5.60 Å². The normalized spacial score (nSPS) is 21.7. The number of benzene rings is 3. The van der Waals surface area contributed by atoms with Crippen LogP contribution in [0, 0.1) is 5.82 Å². The van der Waals surface area contributed by atoms with E-state index in [1.54, 1.807) is 14.2 Å². The lowest BCUT2D eigenvalue weighted by atomic mass is 9.76. The van der Waals surface area contributed by atoms with Gasteiger partial charge in [0.05, 0.1) is 20.3 Å². The Morgan fingerprint density at radius 2 is 1.73 bits per heavy atom. The van der Waals surface area contributed by atoms with Gasteiger partial charge in [-0.3, -0.25) is 4.90 Å². The van der Waals surface area contributed by atoms with Crippen molar-refractivity contribution in [2.45, 2.75) is 44.3 Å². The first-order chi connectivity index (χ1) is 18.0. The van der Waals surface area contributed by atoms with Gasteiger partial charge in [-0.05, 0) is 91.2 Å². The summed E-state index contributed by atoms with van der Waals surface area (Å²) in [6, 6.07) is 21.6. The van der Waals surface area contributed by atoms with Gasteiger partial charge in [-0.15, -0.1) is 0 Å². The number of halogens is 1. The molecule has 0 amide bonds. The third kappa shape index (κ3) is 5.29. The first-order valence-corrected chi connectivity index (χ1v) is 13.2. The molecule has 2 unspecified atom stereocenters. The molecule has 37 heavy (non-hydrogen) atoms. The molecule has 0 aromatic heterocycles. The lowest BCUT2D eigenvalue weighted by Crippen LogP contribution is -2.41. The van der Waals surface area contributed by atoms with Crippen LogP contribution < -0.4 is 9.47 Å². The zero-order chi connectivity index (χ0) is 25.8. The monoisotopic (exact) mass is 501 g/mol. The predicted molar refractivity (Wildman–Crippen MR) is 146 cm³/mol. The molecule has 3 aromatic rings. The first kappa shape index (κ1) is 25.5. The SMILES string of the molecule is COc1cc2c(cc1OC)C(CCCN1CC=C(c3ccccc3)CC1)(c1ccc(F)cc1)OC(C)C2. The Kier molecular flexibility index (Phi) is 7.63. The van der Waals surface area contributed by atoms with E-state index in [1.807, 2.05) is 12.1 Å². The van der Waals surface area contributed by atoms with Crippen LogP contribution >= 0.6 is 0 Å². The van der Waals surface area contributed by atoms with E-state index in [0.29, 0.717) is 5.75 Å². The minimum Gasteiger partial charge on any atom is -0.493 e. The van der Waals surface area contributed by atoms with Crippen LogP contribution in [0.3, 0.4) is 0 Å². The zero-order valence-electron chi connectivity index (χ0n) is 22.0. The van der Waals surface area contributed by atoms with Crippen LogP contribution in [0.25, 0.3) is 5.57 Å². The summed E-state index contributed by atoms with van der Waals surface area (Å²) in [6.45, 7) is 5.08. The highest BCUT2D eigenvalue weighted by atomic mass is 19.1. The Morgan fingerprint density at radius 1 is 1.00 bits per heavy atom. The quantitative estimate of drug-likeness (QED) is 0.347. The lowest BCUT2D eigenvalue weighted by molar-refractivity contribution is -0.0831. The van der Waals surface area contributed by atoms with Gasteiger partial charge in [0.2, 0.25) is 0 Å². The summed E-state index contributed by atoms with van der Waals surface area (Å²) in [5.41, 5.74) is 5.32. The standard InChI is InChI=1S/C32H36FNO3/c1-23-20-26-21-30(35-2)31(36-3)22-29(26)32(37-23,27-10-12-28(33)13-11-27)16-7-17-34-18-14-25(15-19-34)24-8-5-4-6-9-24/h4-6,8-14,21-23H,7,15-20H2,1-3H3. The van der Waals surface area contributed by atoms with E-state index in [0.717, 1.165) is 62.2 Å². The molecule has 5 heteroatoms. The van der Waals surface area contributed by atoms with Crippen LogP contribution in [0.5, 0.6) is 11.5 Å². The summed E-state index contributed by atoms with van der Waals surface area (Å²) in [4.78, 5) is 2.51. The topological polar surface area (TPSA) is 30.9 Å². The van der Waals surface area contributed by atoms with Crippen molar-refractivity contribution in [2.24, 2.45) is 0 Å². The highest BCUT2D eigenvalue weighted by Crippen LogP contribution is 2.47. The fourth-order valence-electron chi connectivity index (χ4n) is 5.89. The van der Waals surface area contributed by atoms with Crippen LogP contribution in [0.4, 0.5) is 4.39 Å². The Morgan fingerprint density at radius 3 is 2.41 bits per heavy atom. The summed E-state index contributed by atoms with van der Waals surface area (Å²) in [5, 5.41) is 0. The molecule has 2 atom stereocenters. The molecule has 4 nitrogen and oxygen atoms in total. The van der Waals surface area contributed by atoms with Crippen molar-refractivity contribution in [1.29, 1.82) is 0 Å². The van der Waals surface area contributed by atoms with E-state index in [-0.39, 0.29) is 11.9 Å². The number of nitrogens with zero attached hydrogens (tertiary/aromatic N) is 1. The van der Waals surface area contributed by atoms with Gasteiger partial charge in [-0.2, -0.15) is 0 Å². The average molecular weight is 502 g/mol. The highest BCUT2D eigenvalue weighted by Gasteiger charge is 2.42. The minimum atomic E-state index is -0.679. The minimum absolute atomic E-state index is 0.0157. The number of ether oxygens (including phenoxy) is 3. The van der Waals surface area contributed by atoms with Gasteiger partial charge in [-0.1, -0.05) is 48.5 Å². The first-order valence-electron chi connectivity index (χ1n) is 13.2. The van der Waals surface area contributed by atoms with Crippen molar-refractivity contribution in [3.05, 3.63) is 101 Å². The number of methoxy groups -OCH3 is 2. The molecule has 0 aliphatic carbocycles. The van der Waals surface area contributed by atoms with Gasteiger partial charge in [0.25, 0.3) is 0 Å². The van der Waals surface area contributed by atoms with Crippen molar-refractivity contribution in [1.82, 2.24) is 4.90 Å². The van der Waals surface area contributed by atoms with E-state index in [4.69, 9.17) is 14.2 Å². The number of hydrogen-bond donors (Lipinski definition) is 0. The lowest BCUT2D eigenvalue weighted by Gasteiger charge is -2.43. The van der Waals surface area contributed by atoms with Crippen LogP contribution in [0.2, 0.25) is 0 Å². The molecule has 0 N–H and O–H groups in total. The Bertz CT molecular complexity index is 1240. The molecule has 0 spiro atoms. The van der Waals surface area contributed by atoms with E-state index in [2.05, 4.69) is 60.4 Å². The maximum Gasteiger partial charge on any atom is 0.161 e. The maximum absolute atomic E-state index is 13.9. The molecule has 2 heterocycles. The van der Waals surface area contributed by atoms with Gasteiger partial charge in [0.15, 0.2) is 11.5 Å². The van der Waals surface area contributed by atoms with Crippen LogP contribution in [0.1, 0.15) is 48.4 Å². The van der Waals surface area contributed by atoms with Gasteiger partial charge < -0.3 is 14.2 Å². The second kappa shape index (κ2) is 11.1. The fourth-order valence-corrected chi connectivity index (χ4v) is 5.89. The summed E-state index contributed by atoms with van der Waals surface area (Å²) in [7, 11) is 3.32. The average Bonchev–Trinajstić information content (AvgIpc) is 2.93. The van der Waals surface area contributed by atoms with Crippen molar-refractivity contribution < 1.29 is 18.6 Å². The van der Waals surface area contributed by atoms with Crippen molar-refractivity contribution in [2.75, 3.05) is 33.9 Å². The predicted octanol–water partition coefficient (Wildman–Crippen LogP) is 6.62. The van der Waals surface area contributed by atoms with Crippen molar-refractivity contribution in [3.8, 4) is 11.5 Å². The van der Waals surface area contributed by atoms with E-state index in [1.165, 1.54) is 28.8 Å². The number of fused-ring (bicyclic) bond motifs is 1.